The normalized spacial score (nSPS) is 8.62. The zero-order valence-corrected chi connectivity index (χ0v) is 4.93. The molecule has 0 unspecified atom stereocenters. The van der Waals surface area contributed by atoms with Gasteiger partial charge in [-0.2, -0.15) is 0 Å². The highest BCUT2D eigenvalue weighted by atomic mass is 16.5. The van der Waals surface area contributed by atoms with E-state index in [-0.39, 0.29) is 6.61 Å². The first-order valence-electron chi connectivity index (χ1n) is 2.72. The standard InChI is InChI=1S/C6H11O2/c1-2-8-6-4-3-5-7/h2H,1,3-6H2. The van der Waals surface area contributed by atoms with Crippen molar-refractivity contribution in [1.82, 2.24) is 0 Å². The maximum absolute atomic E-state index is 9.81. The molecule has 2 heteroatoms. The van der Waals surface area contributed by atoms with Crippen LogP contribution in [-0.2, 0) is 9.84 Å². The summed E-state index contributed by atoms with van der Waals surface area (Å²) in [7, 11) is 0. The van der Waals surface area contributed by atoms with E-state index in [4.69, 9.17) is 4.74 Å². The Morgan fingerprint density at radius 1 is 1.50 bits per heavy atom. The smallest absolute Gasteiger partial charge is 0.0873 e. The van der Waals surface area contributed by atoms with Gasteiger partial charge in [-0.15, -0.1) is 0 Å². The van der Waals surface area contributed by atoms with Crippen molar-refractivity contribution in [2.45, 2.75) is 12.8 Å². The average molecular weight is 115 g/mol. The summed E-state index contributed by atoms with van der Waals surface area (Å²) in [5.74, 6) is 0. The molecule has 0 N–H and O–H groups in total. The van der Waals surface area contributed by atoms with Crippen molar-refractivity contribution in [3.63, 3.8) is 0 Å². The summed E-state index contributed by atoms with van der Waals surface area (Å²) in [6.07, 6.45) is 2.94. The van der Waals surface area contributed by atoms with Gasteiger partial charge < -0.3 is 4.74 Å². The highest BCUT2D eigenvalue weighted by Gasteiger charge is 1.83. The summed E-state index contributed by atoms with van der Waals surface area (Å²) < 4.78 is 4.76. The van der Waals surface area contributed by atoms with Crippen LogP contribution in [0.5, 0.6) is 0 Å². The fourth-order valence-electron chi connectivity index (χ4n) is 0.371. The van der Waals surface area contributed by atoms with Crippen LogP contribution in [0.1, 0.15) is 12.8 Å². The molecule has 1 radical (unpaired) electrons. The minimum Gasteiger partial charge on any atom is -0.502 e. The van der Waals surface area contributed by atoms with Gasteiger partial charge in [0.1, 0.15) is 0 Å². The predicted octanol–water partition coefficient (Wildman–Crippen LogP) is 1.36. The van der Waals surface area contributed by atoms with Crippen molar-refractivity contribution in [2.75, 3.05) is 13.2 Å². The molecule has 0 aromatic heterocycles. The first-order chi connectivity index (χ1) is 3.91. The van der Waals surface area contributed by atoms with Gasteiger partial charge in [-0.05, 0) is 12.8 Å². The Balaban J connectivity index is 2.62. The third-order valence-electron chi connectivity index (χ3n) is 0.774. The summed E-state index contributed by atoms with van der Waals surface area (Å²) >= 11 is 0. The Kier molecular flexibility index (Phi) is 6.09. The molecule has 0 saturated heterocycles. The molecule has 0 spiro atoms. The molecule has 0 aliphatic carbocycles. The second kappa shape index (κ2) is 6.50. The summed E-state index contributed by atoms with van der Waals surface area (Å²) in [5, 5.41) is 9.81. The van der Waals surface area contributed by atoms with Gasteiger partial charge in [-0.25, -0.2) is 5.11 Å². The van der Waals surface area contributed by atoms with Crippen molar-refractivity contribution in [1.29, 1.82) is 0 Å². The average Bonchev–Trinajstić information content (AvgIpc) is 1.81. The second-order valence-electron chi connectivity index (χ2n) is 1.45. The fraction of sp³-hybridized carbons (Fsp3) is 0.667. The molecule has 0 aromatic rings. The van der Waals surface area contributed by atoms with Crippen LogP contribution in [0.25, 0.3) is 0 Å². The van der Waals surface area contributed by atoms with E-state index in [0.29, 0.717) is 13.0 Å². The number of hydrogen-bond donors (Lipinski definition) is 0. The predicted molar refractivity (Wildman–Crippen MR) is 30.9 cm³/mol. The molecule has 0 aliphatic heterocycles. The molecular formula is C6H11O2. The number of unbranched alkanes of at least 4 members (excludes halogenated alkanes) is 1. The highest BCUT2D eigenvalue weighted by molar-refractivity contribution is 4.48. The van der Waals surface area contributed by atoms with Crippen molar-refractivity contribution in [3.8, 4) is 0 Å². The van der Waals surface area contributed by atoms with Crippen LogP contribution in [0.2, 0.25) is 0 Å². The molecule has 2 nitrogen and oxygen atoms in total. The Labute approximate surface area is 49.8 Å². The molecular weight excluding hydrogens is 104 g/mol. The van der Waals surface area contributed by atoms with Crippen LogP contribution in [0.4, 0.5) is 0 Å². The van der Waals surface area contributed by atoms with E-state index in [1.807, 2.05) is 0 Å². The van der Waals surface area contributed by atoms with Crippen molar-refractivity contribution < 1.29 is 9.84 Å². The molecule has 0 saturated carbocycles. The van der Waals surface area contributed by atoms with Gasteiger partial charge in [0, 0.05) is 0 Å². The van der Waals surface area contributed by atoms with Crippen LogP contribution >= 0.6 is 0 Å². The molecule has 0 aromatic carbocycles. The van der Waals surface area contributed by atoms with Gasteiger partial charge in [0.2, 0.25) is 0 Å². The van der Waals surface area contributed by atoms with E-state index in [2.05, 4.69) is 6.58 Å². The van der Waals surface area contributed by atoms with E-state index in [1.165, 1.54) is 6.26 Å². The number of hydrogen-bond acceptors (Lipinski definition) is 1. The summed E-state index contributed by atoms with van der Waals surface area (Å²) in [5.41, 5.74) is 0. The quantitative estimate of drug-likeness (QED) is 0.393. The molecule has 0 heterocycles. The lowest BCUT2D eigenvalue weighted by Gasteiger charge is -1.95. The molecule has 0 aliphatic rings. The van der Waals surface area contributed by atoms with Crippen molar-refractivity contribution in [2.24, 2.45) is 0 Å². The minimum atomic E-state index is 0.000499. The molecule has 8 heavy (non-hydrogen) atoms. The first-order valence-corrected chi connectivity index (χ1v) is 2.72. The third kappa shape index (κ3) is 5.50. The zero-order chi connectivity index (χ0) is 6.24. The van der Waals surface area contributed by atoms with E-state index in [9.17, 15) is 5.11 Å². The van der Waals surface area contributed by atoms with Gasteiger partial charge in [0.15, 0.2) is 0 Å². The molecule has 0 bridgehead atoms. The Bertz CT molecular complexity index is 52.5. The van der Waals surface area contributed by atoms with Gasteiger partial charge >= 0.3 is 0 Å². The lowest BCUT2D eigenvalue weighted by molar-refractivity contribution is 0.169. The highest BCUT2D eigenvalue weighted by Crippen LogP contribution is 1.87. The molecule has 0 amide bonds. The van der Waals surface area contributed by atoms with Crippen LogP contribution in [0.3, 0.4) is 0 Å². The van der Waals surface area contributed by atoms with Crippen molar-refractivity contribution >= 4 is 0 Å². The van der Waals surface area contributed by atoms with Crippen LogP contribution in [0, 0.1) is 0 Å². The van der Waals surface area contributed by atoms with Crippen molar-refractivity contribution in [3.05, 3.63) is 12.8 Å². The van der Waals surface area contributed by atoms with E-state index in [0.717, 1.165) is 6.42 Å². The molecule has 0 atom stereocenters. The maximum Gasteiger partial charge on any atom is 0.0873 e. The zero-order valence-electron chi connectivity index (χ0n) is 4.93. The molecule has 0 rings (SSSR count). The van der Waals surface area contributed by atoms with Crippen LogP contribution < -0.4 is 0 Å². The first kappa shape index (κ1) is 7.50. The topological polar surface area (TPSA) is 29.1 Å². The Morgan fingerprint density at radius 2 is 2.25 bits per heavy atom. The SMILES string of the molecule is C=COCCCC[O]. The summed E-state index contributed by atoms with van der Waals surface area (Å²) in [6.45, 7) is 3.99. The monoisotopic (exact) mass is 115 g/mol. The summed E-state index contributed by atoms with van der Waals surface area (Å²) in [4.78, 5) is 0. The number of ether oxygens (including phenoxy) is 1. The number of rotatable bonds is 5. The van der Waals surface area contributed by atoms with Gasteiger partial charge in [-0.3, -0.25) is 0 Å². The van der Waals surface area contributed by atoms with Crippen LogP contribution in [0.15, 0.2) is 12.8 Å². The van der Waals surface area contributed by atoms with Gasteiger partial charge in [0.05, 0.1) is 19.5 Å². The Morgan fingerprint density at radius 3 is 2.75 bits per heavy atom. The molecule has 47 valence electrons. The maximum atomic E-state index is 9.81. The van der Waals surface area contributed by atoms with E-state index >= 15 is 0 Å². The van der Waals surface area contributed by atoms with E-state index in [1.54, 1.807) is 0 Å². The second-order valence-corrected chi connectivity index (χ2v) is 1.45. The minimum absolute atomic E-state index is 0.000499. The fourth-order valence-corrected chi connectivity index (χ4v) is 0.371. The van der Waals surface area contributed by atoms with Crippen LogP contribution in [-0.4, -0.2) is 13.2 Å². The molecule has 0 fully saturated rings. The van der Waals surface area contributed by atoms with E-state index < -0.39 is 0 Å². The Hall–Kier alpha value is -0.500. The lowest BCUT2D eigenvalue weighted by Crippen LogP contribution is -1.88. The summed E-state index contributed by atoms with van der Waals surface area (Å²) in [6, 6.07) is 0. The lowest BCUT2D eigenvalue weighted by atomic mass is 10.3. The van der Waals surface area contributed by atoms with Gasteiger partial charge in [-0.1, -0.05) is 6.58 Å². The van der Waals surface area contributed by atoms with Gasteiger partial charge in [0.25, 0.3) is 0 Å². The third-order valence-corrected chi connectivity index (χ3v) is 0.774. The largest absolute Gasteiger partial charge is 0.502 e.